The monoisotopic (exact) mass is 266 g/mol. The molecule has 18 heavy (non-hydrogen) atoms. The third-order valence-electron chi connectivity index (χ3n) is 3.36. The summed E-state index contributed by atoms with van der Waals surface area (Å²) in [5.74, 6) is 1.14. The van der Waals surface area contributed by atoms with E-state index in [1.54, 1.807) is 0 Å². The van der Waals surface area contributed by atoms with Crippen molar-refractivity contribution in [3.05, 3.63) is 18.7 Å². The molecule has 0 spiro atoms. The van der Waals surface area contributed by atoms with Gasteiger partial charge in [-0.15, -0.1) is 0 Å². The molecule has 1 aromatic heterocycles. The molecule has 1 aliphatic heterocycles. The summed E-state index contributed by atoms with van der Waals surface area (Å²) >= 11 is 1.85. The van der Waals surface area contributed by atoms with Crippen LogP contribution in [0.2, 0.25) is 0 Å². The Kier molecular flexibility index (Phi) is 4.69. The van der Waals surface area contributed by atoms with E-state index in [2.05, 4.69) is 33.7 Å². The number of aromatic nitrogens is 2. The van der Waals surface area contributed by atoms with Crippen molar-refractivity contribution < 1.29 is 0 Å². The van der Waals surface area contributed by atoms with E-state index in [9.17, 15) is 0 Å². The number of aryl methyl sites for hydroxylation is 1. The van der Waals surface area contributed by atoms with Crippen molar-refractivity contribution >= 4 is 16.9 Å². The Morgan fingerprint density at radius 3 is 3.11 bits per heavy atom. The van der Waals surface area contributed by atoms with Crippen LogP contribution >= 0.6 is 11.8 Å². The first-order valence-electron chi connectivity index (χ1n) is 6.63. The predicted molar refractivity (Wildman–Crippen MR) is 78.1 cm³/mol. The molecule has 0 aromatic carbocycles. The second kappa shape index (κ2) is 6.27. The fraction of sp³-hybridized carbons (Fsp3) is 0.692. The number of nitrogens with one attached hydrogen (secondary N) is 1. The number of nitrogens with zero attached hydrogens (tertiary/aromatic N) is 3. The normalized spacial score (nSPS) is 25.6. The topological polar surface area (TPSA) is 42.2 Å². The van der Waals surface area contributed by atoms with E-state index in [4.69, 9.17) is 0 Å². The fourth-order valence-electron chi connectivity index (χ4n) is 1.84. The van der Waals surface area contributed by atoms with Gasteiger partial charge in [0.1, 0.15) is 0 Å². The number of hydrogen-bond acceptors (Lipinski definition) is 3. The zero-order valence-corrected chi connectivity index (χ0v) is 12.0. The Morgan fingerprint density at radius 2 is 2.44 bits per heavy atom. The molecule has 0 saturated carbocycles. The summed E-state index contributed by atoms with van der Waals surface area (Å²) in [7, 11) is 0. The predicted octanol–water partition coefficient (Wildman–Crippen LogP) is 2.52. The second-order valence-corrected chi connectivity index (χ2v) is 5.99. The molecule has 1 atom stereocenters. The first-order valence-corrected chi connectivity index (χ1v) is 7.61. The third kappa shape index (κ3) is 3.77. The number of rotatable bonds is 6. The van der Waals surface area contributed by atoms with Crippen LogP contribution in [0, 0.1) is 0 Å². The van der Waals surface area contributed by atoms with Gasteiger partial charge >= 0.3 is 0 Å². The van der Waals surface area contributed by atoms with Crippen molar-refractivity contribution in [2.45, 2.75) is 45.2 Å². The number of aliphatic imine (C=N–C) groups is 1. The first kappa shape index (κ1) is 13.5. The van der Waals surface area contributed by atoms with E-state index in [-0.39, 0.29) is 5.54 Å². The summed E-state index contributed by atoms with van der Waals surface area (Å²) in [5, 5.41) is 4.65. The zero-order valence-electron chi connectivity index (χ0n) is 11.2. The smallest absolute Gasteiger partial charge is 0.157 e. The lowest BCUT2D eigenvalue weighted by atomic mass is 10.0. The summed E-state index contributed by atoms with van der Waals surface area (Å²) in [5.41, 5.74) is 0.250. The van der Waals surface area contributed by atoms with Gasteiger partial charge in [0.05, 0.1) is 6.33 Å². The Bertz CT molecular complexity index is 388. The minimum atomic E-state index is 0.250. The Balaban J connectivity index is 1.63. The molecule has 4 nitrogen and oxygen atoms in total. The number of hydrogen-bond donors (Lipinski definition) is 1. The molecule has 2 rings (SSSR count). The van der Waals surface area contributed by atoms with Crippen molar-refractivity contribution in [3.63, 3.8) is 0 Å². The molecular weight excluding hydrogens is 244 g/mol. The minimum Gasteiger partial charge on any atom is -0.359 e. The van der Waals surface area contributed by atoms with Gasteiger partial charge in [0.25, 0.3) is 0 Å². The Hall–Kier alpha value is -0.970. The maximum absolute atomic E-state index is 4.63. The lowest BCUT2D eigenvalue weighted by Gasteiger charge is -2.20. The highest BCUT2D eigenvalue weighted by molar-refractivity contribution is 8.14. The Labute approximate surface area is 113 Å². The highest BCUT2D eigenvalue weighted by Gasteiger charge is 2.30. The molecule has 1 aliphatic rings. The number of thioether (sulfide) groups is 1. The molecular formula is C13H22N4S. The number of amidine groups is 1. The van der Waals surface area contributed by atoms with Crippen LogP contribution < -0.4 is 5.32 Å². The van der Waals surface area contributed by atoms with E-state index in [1.807, 2.05) is 30.5 Å². The summed E-state index contributed by atoms with van der Waals surface area (Å²) in [6, 6.07) is 0. The van der Waals surface area contributed by atoms with Crippen molar-refractivity contribution in [1.29, 1.82) is 0 Å². The molecule has 0 amide bonds. The average molecular weight is 266 g/mol. The number of imidazole rings is 1. The highest BCUT2D eigenvalue weighted by atomic mass is 32.2. The summed E-state index contributed by atoms with van der Waals surface area (Å²) in [4.78, 5) is 8.66. The van der Waals surface area contributed by atoms with Crippen molar-refractivity contribution in [2.24, 2.45) is 4.99 Å². The standard InChI is InChI=1S/C13H22N4S/c1-3-13(2)10-18-12(16-13)15-6-4-5-8-17-9-7-14-11-17/h7,9,11H,3-6,8,10H2,1-2H3,(H,15,16). The lowest BCUT2D eigenvalue weighted by Crippen LogP contribution is -2.39. The SMILES string of the molecule is CCC1(C)CSC(=NCCCCn2ccnc2)N1. The van der Waals surface area contributed by atoms with E-state index in [0.717, 1.165) is 43.3 Å². The van der Waals surface area contributed by atoms with Crippen LogP contribution in [0.4, 0.5) is 0 Å². The molecule has 1 aromatic rings. The Morgan fingerprint density at radius 1 is 1.56 bits per heavy atom. The molecule has 1 N–H and O–H groups in total. The minimum absolute atomic E-state index is 0.250. The maximum Gasteiger partial charge on any atom is 0.157 e. The van der Waals surface area contributed by atoms with Gasteiger partial charge in [-0.1, -0.05) is 18.7 Å². The lowest BCUT2D eigenvalue weighted by molar-refractivity contribution is 0.466. The molecule has 100 valence electrons. The zero-order chi connectivity index (χ0) is 12.8. The van der Waals surface area contributed by atoms with Crippen LogP contribution in [-0.4, -0.2) is 32.6 Å². The quantitative estimate of drug-likeness (QED) is 0.805. The summed E-state index contributed by atoms with van der Waals surface area (Å²) in [6.07, 6.45) is 9.14. The van der Waals surface area contributed by atoms with E-state index in [1.165, 1.54) is 0 Å². The van der Waals surface area contributed by atoms with Gasteiger partial charge in [-0.25, -0.2) is 4.98 Å². The molecule has 1 unspecified atom stereocenters. The van der Waals surface area contributed by atoms with Gasteiger partial charge in [0.2, 0.25) is 0 Å². The van der Waals surface area contributed by atoms with Crippen LogP contribution in [0.3, 0.4) is 0 Å². The van der Waals surface area contributed by atoms with Crippen molar-refractivity contribution in [3.8, 4) is 0 Å². The van der Waals surface area contributed by atoms with Gasteiger partial charge < -0.3 is 9.88 Å². The molecule has 0 bridgehead atoms. The first-order chi connectivity index (χ1) is 8.72. The van der Waals surface area contributed by atoms with Crippen LogP contribution in [0.1, 0.15) is 33.1 Å². The highest BCUT2D eigenvalue weighted by Crippen LogP contribution is 2.25. The van der Waals surface area contributed by atoms with Crippen molar-refractivity contribution in [2.75, 3.05) is 12.3 Å². The molecule has 1 fully saturated rings. The van der Waals surface area contributed by atoms with Gasteiger partial charge in [0.15, 0.2) is 5.17 Å². The summed E-state index contributed by atoms with van der Waals surface area (Å²) in [6.45, 7) is 6.45. The van der Waals surface area contributed by atoms with E-state index >= 15 is 0 Å². The van der Waals surface area contributed by atoms with Crippen molar-refractivity contribution in [1.82, 2.24) is 14.9 Å². The van der Waals surface area contributed by atoms with E-state index < -0.39 is 0 Å². The fourth-order valence-corrected chi connectivity index (χ4v) is 3.07. The van der Waals surface area contributed by atoms with Crippen LogP contribution in [0.15, 0.2) is 23.7 Å². The van der Waals surface area contributed by atoms with Gasteiger partial charge in [-0.05, 0) is 26.2 Å². The van der Waals surface area contributed by atoms with E-state index in [0.29, 0.717) is 0 Å². The maximum atomic E-state index is 4.63. The molecule has 1 saturated heterocycles. The van der Waals surface area contributed by atoms with Crippen LogP contribution in [0.25, 0.3) is 0 Å². The van der Waals surface area contributed by atoms with Gasteiger partial charge in [-0.3, -0.25) is 4.99 Å². The largest absolute Gasteiger partial charge is 0.359 e. The third-order valence-corrected chi connectivity index (χ3v) is 4.64. The number of unbranched alkanes of at least 4 members (excludes halogenated alkanes) is 1. The van der Waals surface area contributed by atoms with Crippen LogP contribution in [0.5, 0.6) is 0 Å². The average Bonchev–Trinajstić information content (AvgIpc) is 3.00. The molecule has 2 heterocycles. The molecule has 0 radical (unpaired) electrons. The van der Waals surface area contributed by atoms with Crippen LogP contribution in [-0.2, 0) is 6.54 Å². The second-order valence-electron chi connectivity index (χ2n) is 5.02. The van der Waals surface area contributed by atoms with Gasteiger partial charge in [0, 0.05) is 36.8 Å². The van der Waals surface area contributed by atoms with Gasteiger partial charge in [-0.2, -0.15) is 0 Å². The molecule has 0 aliphatic carbocycles. The molecule has 5 heteroatoms. The summed E-state index contributed by atoms with van der Waals surface area (Å²) < 4.78 is 2.11.